The lowest BCUT2D eigenvalue weighted by Crippen LogP contribution is -2.46. The molecule has 2 saturated heterocycles. The van der Waals surface area contributed by atoms with Crippen LogP contribution in [-0.2, 0) is 19.4 Å². The van der Waals surface area contributed by atoms with E-state index in [4.69, 9.17) is 4.74 Å². The monoisotopic (exact) mass is 629 g/mol. The van der Waals surface area contributed by atoms with Crippen molar-refractivity contribution in [2.24, 2.45) is 5.92 Å². The maximum atomic E-state index is 13.7. The lowest BCUT2D eigenvalue weighted by molar-refractivity contribution is -0.149. The molecule has 0 saturated carbocycles. The summed E-state index contributed by atoms with van der Waals surface area (Å²) in [7, 11) is -3.05. The van der Waals surface area contributed by atoms with Crippen molar-refractivity contribution in [2.45, 2.75) is 32.2 Å². The van der Waals surface area contributed by atoms with Gasteiger partial charge in [-0.3, -0.25) is 14.6 Å². The second kappa shape index (κ2) is 13.1. The SMILES string of the molecule is C[C@@H](NC(=O)c1cncc(C2=CCN(C(=O)C3COC3)CC2)c1)c1ccc(C(=C2CCS(=O)(=O)CC2)c2ccc(F)cc2)cc1. The highest BCUT2D eigenvalue weighted by atomic mass is 32.2. The number of hydrogen-bond acceptors (Lipinski definition) is 6. The molecule has 1 atom stereocenters. The average molecular weight is 630 g/mol. The number of carbonyl (C=O) groups excluding carboxylic acids is 2. The number of halogens is 1. The van der Waals surface area contributed by atoms with Crippen LogP contribution in [0.4, 0.5) is 4.39 Å². The first-order valence-corrected chi connectivity index (χ1v) is 17.1. The Morgan fingerprint density at radius 1 is 0.956 bits per heavy atom. The fourth-order valence-corrected chi connectivity index (χ4v) is 7.35. The number of ether oxygens (including phenoxy) is 1. The Morgan fingerprint density at radius 2 is 1.62 bits per heavy atom. The third-order valence-corrected chi connectivity index (χ3v) is 10.5. The fourth-order valence-electron chi connectivity index (χ4n) is 6.04. The predicted octanol–water partition coefficient (Wildman–Crippen LogP) is 4.98. The van der Waals surface area contributed by atoms with Crippen molar-refractivity contribution >= 4 is 32.8 Å². The number of nitrogens with zero attached hydrogens (tertiary/aromatic N) is 2. The van der Waals surface area contributed by atoms with Gasteiger partial charge in [0.1, 0.15) is 5.82 Å². The minimum atomic E-state index is -3.05. The summed E-state index contributed by atoms with van der Waals surface area (Å²) < 4.78 is 43.0. The molecule has 8 nitrogen and oxygen atoms in total. The summed E-state index contributed by atoms with van der Waals surface area (Å²) in [6.45, 7) is 4.08. The maximum absolute atomic E-state index is 13.7. The maximum Gasteiger partial charge on any atom is 0.253 e. The summed E-state index contributed by atoms with van der Waals surface area (Å²) in [5, 5.41) is 3.07. The molecule has 234 valence electrons. The molecular weight excluding hydrogens is 593 g/mol. The smallest absolute Gasteiger partial charge is 0.253 e. The van der Waals surface area contributed by atoms with Gasteiger partial charge in [-0.25, -0.2) is 12.8 Å². The van der Waals surface area contributed by atoms with Gasteiger partial charge in [0.05, 0.1) is 42.2 Å². The zero-order valence-corrected chi connectivity index (χ0v) is 26.0. The highest BCUT2D eigenvalue weighted by molar-refractivity contribution is 7.91. The van der Waals surface area contributed by atoms with Gasteiger partial charge >= 0.3 is 0 Å². The van der Waals surface area contributed by atoms with Crippen LogP contribution in [-0.4, -0.2) is 67.9 Å². The Bertz CT molecular complexity index is 1750. The topological polar surface area (TPSA) is 106 Å². The molecule has 0 radical (unpaired) electrons. The number of rotatable bonds is 7. The Labute approximate surface area is 262 Å². The quantitative estimate of drug-likeness (QED) is 0.395. The van der Waals surface area contributed by atoms with Gasteiger partial charge in [-0.1, -0.05) is 48.0 Å². The molecule has 10 heteroatoms. The van der Waals surface area contributed by atoms with E-state index in [2.05, 4.69) is 10.3 Å². The number of aromatic nitrogens is 1. The first kappa shape index (κ1) is 30.9. The van der Waals surface area contributed by atoms with Gasteiger partial charge in [0.2, 0.25) is 5.91 Å². The molecule has 4 heterocycles. The molecule has 2 fully saturated rings. The van der Waals surface area contributed by atoms with Gasteiger partial charge < -0.3 is 15.0 Å². The van der Waals surface area contributed by atoms with Crippen LogP contribution in [0.25, 0.3) is 11.1 Å². The van der Waals surface area contributed by atoms with Crippen molar-refractivity contribution in [2.75, 3.05) is 37.8 Å². The van der Waals surface area contributed by atoms with Gasteiger partial charge in [-0.05, 0) is 77.8 Å². The number of pyridine rings is 1. The Kier molecular flexibility index (Phi) is 8.96. The molecule has 0 aliphatic carbocycles. The average Bonchev–Trinajstić information content (AvgIpc) is 3.02. The molecule has 0 bridgehead atoms. The van der Waals surface area contributed by atoms with E-state index in [1.165, 1.54) is 12.1 Å². The lowest BCUT2D eigenvalue weighted by Gasteiger charge is -2.33. The summed E-state index contributed by atoms with van der Waals surface area (Å²) in [6.07, 6.45) is 6.91. The van der Waals surface area contributed by atoms with Crippen molar-refractivity contribution in [3.05, 3.63) is 112 Å². The molecule has 0 unspecified atom stereocenters. The van der Waals surface area contributed by atoms with Crippen molar-refractivity contribution < 1.29 is 27.1 Å². The Hall–Kier alpha value is -4.15. The van der Waals surface area contributed by atoms with E-state index in [-0.39, 0.29) is 41.1 Å². The Morgan fingerprint density at radius 3 is 2.22 bits per heavy atom. The van der Waals surface area contributed by atoms with Gasteiger partial charge in [0, 0.05) is 25.5 Å². The van der Waals surface area contributed by atoms with E-state index >= 15 is 0 Å². The third-order valence-electron chi connectivity index (χ3n) is 8.84. The molecule has 1 N–H and O–H groups in total. The minimum absolute atomic E-state index is 0.0289. The summed E-state index contributed by atoms with van der Waals surface area (Å²) >= 11 is 0. The van der Waals surface area contributed by atoms with Crippen molar-refractivity contribution in [3.8, 4) is 0 Å². The molecule has 1 aromatic heterocycles. The van der Waals surface area contributed by atoms with E-state index < -0.39 is 9.84 Å². The molecule has 6 rings (SSSR count). The number of carbonyl (C=O) groups is 2. The molecular formula is C35H36FN3O5S. The zero-order valence-electron chi connectivity index (χ0n) is 25.2. The van der Waals surface area contributed by atoms with Crippen LogP contribution >= 0.6 is 0 Å². The number of sulfone groups is 1. The van der Waals surface area contributed by atoms with Gasteiger partial charge in [-0.2, -0.15) is 0 Å². The first-order valence-electron chi connectivity index (χ1n) is 15.3. The molecule has 3 aliphatic rings. The first-order chi connectivity index (χ1) is 21.7. The molecule has 2 amide bonds. The molecule has 0 spiro atoms. The highest BCUT2D eigenvalue weighted by Gasteiger charge is 2.31. The second-order valence-corrected chi connectivity index (χ2v) is 14.2. The van der Waals surface area contributed by atoms with Crippen molar-refractivity contribution in [3.63, 3.8) is 0 Å². The van der Waals surface area contributed by atoms with Crippen LogP contribution in [0, 0.1) is 11.7 Å². The van der Waals surface area contributed by atoms with Gasteiger partial charge in [0.25, 0.3) is 5.91 Å². The summed E-state index contributed by atoms with van der Waals surface area (Å²) in [5.41, 5.74) is 7.02. The molecule has 3 aliphatic heterocycles. The number of allylic oxidation sites excluding steroid dienone is 1. The minimum Gasteiger partial charge on any atom is -0.380 e. The highest BCUT2D eigenvalue weighted by Crippen LogP contribution is 2.34. The molecule has 45 heavy (non-hydrogen) atoms. The predicted molar refractivity (Wildman–Crippen MR) is 170 cm³/mol. The van der Waals surface area contributed by atoms with E-state index in [0.29, 0.717) is 51.1 Å². The van der Waals surface area contributed by atoms with Gasteiger partial charge in [0.15, 0.2) is 9.84 Å². The number of hydrogen-bond donors (Lipinski definition) is 1. The van der Waals surface area contributed by atoms with Crippen LogP contribution in [0.3, 0.4) is 0 Å². The van der Waals surface area contributed by atoms with Crippen LogP contribution in [0.5, 0.6) is 0 Å². The van der Waals surface area contributed by atoms with Crippen LogP contribution < -0.4 is 5.32 Å². The second-order valence-electron chi connectivity index (χ2n) is 11.9. The summed E-state index contributed by atoms with van der Waals surface area (Å²) in [6, 6.07) is 15.7. The van der Waals surface area contributed by atoms with Crippen LogP contribution in [0.15, 0.2) is 78.6 Å². The lowest BCUT2D eigenvalue weighted by atomic mass is 9.89. The largest absolute Gasteiger partial charge is 0.380 e. The van der Waals surface area contributed by atoms with Crippen molar-refractivity contribution in [1.82, 2.24) is 15.2 Å². The Balaban J connectivity index is 1.14. The normalized spacial score (nSPS) is 18.8. The fraction of sp³-hybridized carbons (Fsp3) is 0.343. The van der Waals surface area contributed by atoms with E-state index in [0.717, 1.165) is 39.0 Å². The number of benzene rings is 2. The third kappa shape index (κ3) is 7.07. The van der Waals surface area contributed by atoms with Crippen LogP contribution in [0.2, 0.25) is 0 Å². The number of amides is 2. The zero-order chi connectivity index (χ0) is 31.6. The standard InChI is InChI=1S/C35H36FN3O5S/c1-23(38-34(40)30-18-29(19-37-20-30)25-10-14-39(15-11-25)35(41)31-21-44-22-31)24-2-4-26(5-3-24)33(27-6-8-32(36)9-7-27)28-12-16-45(42,43)17-13-28/h2-10,18-20,23,31H,11-17,21-22H2,1H3,(H,38,40)/t23-/m1/s1. The van der Waals surface area contributed by atoms with Crippen molar-refractivity contribution in [1.29, 1.82) is 0 Å². The number of nitrogens with one attached hydrogen (secondary N) is 1. The molecule has 3 aromatic rings. The van der Waals surface area contributed by atoms with E-state index in [9.17, 15) is 22.4 Å². The summed E-state index contributed by atoms with van der Waals surface area (Å²) in [5.74, 6) is -0.247. The molecule has 2 aromatic carbocycles. The summed E-state index contributed by atoms with van der Waals surface area (Å²) in [4.78, 5) is 31.9. The van der Waals surface area contributed by atoms with E-state index in [1.54, 1.807) is 24.5 Å². The van der Waals surface area contributed by atoms with Gasteiger partial charge in [-0.15, -0.1) is 0 Å². The van der Waals surface area contributed by atoms with Crippen LogP contribution in [0.1, 0.15) is 64.8 Å². The van der Waals surface area contributed by atoms with E-state index in [1.807, 2.05) is 48.2 Å².